The van der Waals surface area contributed by atoms with Crippen molar-refractivity contribution in [2.75, 3.05) is 18.5 Å². The van der Waals surface area contributed by atoms with Gasteiger partial charge in [0, 0.05) is 30.0 Å². The summed E-state index contributed by atoms with van der Waals surface area (Å²) in [5, 5.41) is 3.51. The molecule has 1 aliphatic rings. The first-order valence-electron chi connectivity index (χ1n) is 9.46. The van der Waals surface area contributed by atoms with Crippen LogP contribution in [0.2, 0.25) is 0 Å². The molecular formula is C21H23N3O3S. The fourth-order valence-electron chi connectivity index (χ4n) is 3.30. The topological polar surface area (TPSA) is 77.2 Å². The van der Waals surface area contributed by atoms with Gasteiger partial charge in [0.2, 0.25) is 0 Å². The molecule has 1 fully saturated rings. The second kappa shape index (κ2) is 8.24. The van der Waals surface area contributed by atoms with Crippen molar-refractivity contribution in [1.82, 2.24) is 9.97 Å². The van der Waals surface area contributed by atoms with Crippen LogP contribution in [0, 0.1) is 19.8 Å². The molecule has 1 amide bonds. The highest BCUT2D eigenvalue weighted by Crippen LogP contribution is 2.35. The summed E-state index contributed by atoms with van der Waals surface area (Å²) >= 11 is 1.52. The Balaban J connectivity index is 1.57. The first-order chi connectivity index (χ1) is 13.6. The molecule has 0 saturated carbocycles. The molecule has 0 unspecified atom stereocenters. The molecule has 0 atom stereocenters. The van der Waals surface area contributed by atoms with Crippen LogP contribution in [0.4, 0.5) is 5.13 Å². The number of nitrogens with zero attached hydrogens (tertiary/aromatic N) is 2. The molecular weight excluding hydrogens is 374 g/mol. The summed E-state index contributed by atoms with van der Waals surface area (Å²) in [5.74, 6) is 1.09. The van der Waals surface area contributed by atoms with E-state index in [0.717, 1.165) is 60.1 Å². The number of carbonyl (C=O) groups is 1. The van der Waals surface area contributed by atoms with Crippen LogP contribution in [-0.4, -0.2) is 29.1 Å². The third kappa shape index (κ3) is 4.15. The summed E-state index contributed by atoms with van der Waals surface area (Å²) in [6.45, 7) is 5.49. The molecule has 0 aromatic carbocycles. The van der Waals surface area contributed by atoms with Gasteiger partial charge in [-0.15, -0.1) is 11.3 Å². The van der Waals surface area contributed by atoms with Gasteiger partial charge in [-0.2, -0.15) is 0 Å². The smallest absolute Gasteiger partial charge is 0.259 e. The Bertz CT molecular complexity index is 959. The van der Waals surface area contributed by atoms with E-state index in [1.807, 2.05) is 32.0 Å². The van der Waals surface area contributed by atoms with Gasteiger partial charge in [0.05, 0.1) is 11.8 Å². The van der Waals surface area contributed by atoms with Gasteiger partial charge in [-0.3, -0.25) is 15.1 Å². The van der Waals surface area contributed by atoms with Crippen molar-refractivity contribution >= 4 is 22.4 Å². The van der Waals surface area contributed by atoms with Crippen molar-refractivity contribution in [3.63, 3.8) is 0 Å². The number of carbonyl (C=O) groups excluding carboxylic acids is 1. The number of aromatic nitrogens is 2. The van der Waals surface area contributed by atoms with Gasteiger partial charge < -0.3 is 9.15 Å². The second-order valence-electron chi connectivity index (χ2n) is 7.11. The molecule has 0 spiro atoms. The minimum Gasteiger partial charge on any atom is -0.463 e. The number of ether oxygens (including phenoxy) is 1. The van der Waals surface area contributed by atoms with Gasteiger partial charge in [-0.1, -0.05) is 0 Å². The fraction of sp³-hybridized carbons (Fsp3) is 0.381. The SMILES string of the molecule is Cc1cc(C(=O)Nc2nc(-c3ccco3)c(CC3CCOCC3)s2)cnc1C. The van der Waals surface area contributed by atoms with Crippen molar-refractivity contribution in [3.8, 4) is 11.5 Å². The van der Waals surface area contributed by atoms with Crippen LogP contribution in [0.25, 0.3) is 11.5 Å². The van der Waals surface area contributed by atoms with E-state index in [2.05, 4.69) is 15.3 Å². The second-order valence-corrected chi connectivity index (χ2v) is 8.19. The van der Waals surface area contributed by atoms with E-state index >= 15 is 0 Å². The Labute approximate surface area is 168 Å². The Morgan fingerprint density at radius 3 is 2.86 bits per heavy atom. The van der Waals surface area contributed by atoms with E-state index in [4.69, 9.17) is 9.15 Å². The minimum atomic E-state index is -0.201. The lowest BCUT2D eigenvalue weighted by Crippen LogP contribution is -2.17. The molecule has 146 valence electrons. The van der Waals surface area contributed by atoms with Gasteiger partial charge in [0.25, 0.3) is 5.91 Å². The number of aryl methyl sites for hydroxylation is 2. The number of anilines is 1. The zero-order valence-electron chi connectivity index (χ0n) is 16.0. The largest absolute Gasteiger partial charge is 0.463 e. The van der Waals surface area contributed by atoms with Crippen LogP contribution in [0.1, 0.15) is 39.3 Å². The predicted molar refractivity (Wildman–Crippen MR) is 109 cm³/mol. The van der Waals surface area contributed by atoms with Crippen molar-refractivity contribution in [2.24, 2.45) is 5.92 Å². The Kier molecular flexibility index (Phi) is 5.54. The number of hydrogen-bond donors (Lipinski definition) is 1. The lowest BCUT2D eigenvalue weighted by molar-refractivity contribution is 0.0667. The summed E-state index contributed by atoms with van der Waals surface area (Å²) < 4.78 is 11.0. The average molecular weight is 398 g/mol. The molecule has 0 radical (unpaired) electrons. The van der Waals surface area contributed by atoms with Crippen LogP contribution in [0.15, 0.2) is 35.1 Å². The van der Waals surface area contributed by atoms with E-state index in [0.29, 0.717) is 16.6 Å². The van der Waals surface area contributed by atoms with Gasteiger partial charge >= 0.3 is 0 Å². The summed E-state index contributed by atoms with van der Waals surface area (Å²) in [7, 11) is 0. The van der Waals surface area contributed by atoms with Crippen molar-refractivity contribution in [3.05, 3.63) is 52.4 Å². The van der Waals surface area contributed by atoms with E-state index in [-0.39, 0.29) is 5.91 Å². The number of pyridine rings is 1. The third-order valence-electron chi connectivity index (χ3n) is 5.09. The number of amides is 1. The number of rotatable bonds is 5. The number of nitrogens with one attached hydrogen (secondary N) is 1. The van der Waals surface area contributed by atoms with Crippen LogP contribution in [-0.2, 0) is 11.2 Å². The molecule has 1 aliphatic heterocycles. The quantitative estimate of drug-likeness (QED) is 0.679. The molecule has 0 aliphatic carbocycles. The highest BCUT2D eigenvalue weighted by Gasteiger charge is 2.22. The molecule has 4 rings (SSSR count). The van der Waals surface area contributed by atoms with E-state index in [1.54, 1.807) is 12.5 Å². The lowest BCUT2D eigenvalue weighted by atomic mass is 9.95. The minimum absolute atomic E-state index is 0.201. The molecule has 1 N–H and O–H groups in total. The summed E-state index contributed by atoms with van der Waals surface area (Å²) in [4.78, 5) is 22.7. The van der Waals surface area contributed by atoms with E-state index < -0.39 is 0 Å². The zero-order chi connectivity index (χ0) is 19.5. The Hall–Kier alpha value is -2.51. The summed E-state index contributed by atoms with van der Waals surface area (Å²) in [6, 6.07) is 5.61. The summed E-state index contributed by atoms with van der Waals surface area (Å²) in [6.07, 6.45) is 6.25. The lowest BCUT2D eigenvalue weighted by Gasteiger charge is -2.21. The maximum atomic E-state index is 12.7. The van der Waals surface area contributed by atoms with Gasteiger partial charge in [0.15, 0.2) is 10.9 Å². The fourth-order valence-corrected chi connectivity index (χ4v) is 4.37. The third-order valence-corrected chi connectivity index (χ3v) is 6.08. The average Bonchev–Trinajstić information content (AvgIpc) is 3.34. The van der Waals surface area contributed by atoms with Crippen LogP contribution < -0.4 is 5.32 Å². The van der Waals surface area contributed by atoms with E-state index in [1.165, 1.54) is 11.3 Å². The van der Waals surface area contributed by atoms with Gasteiger partial charge in [-0.25, -0.2) is 4.98 Å². The molecule has 28 heavy (non-hydrogen) atoms. The molecule has 4 heterocycles. The van der Waals surface area contributed by atoms with Crippen LogP contribution >= 0.6 is 11.3 Å². The Morgan fingerprint density at radius 2 is 2.14 bits per heavy atom. The highest BCUT2D eigenvalue weighted by molar-refractivity contribution is 7.16. The molecule has 0 bridgehead atoms. The van der Waals surface area contributed by atoms with E-state index in [9.17, 15) is 4.79 Å². The molecule has 1 saturated heterocycles. The first-order valence-corrected chi connectivity index (χ1v) is 10.3. The molecule has 6 nitrogen and oxygen atoms in total. The normalized spacial score (nSPS) is 14.9. The van der Waals surface area contributed by atoms with Crippen LogP contribution in [0.5, 0.6) is 0 Å². The maximum absolute atomic E-state index is 12.7. The molecule has 3 aromatic heterocycles. The standard InChI is InChI=1S/C21H23N3O3S/c1-13-10-16(12-22-14(13)2)20(25)24-21-23-19(17-4-3-7-27-17)18(28-21)11-15-5-8-26-9-6-15/h3-4,7,10,12,15H,5-6,8-9,11H2,1-2H3,(H,23,24,25). The number of furan rings is 1. The maximum Gasteiger partial charge on any atom is 0.259 e. The van der Waals surface area contributed by atoms with Crippen molar-refractivity contribution in [2.45, 2.75) is 33.1 Å². The first kappa shape index (κ1) is 18.8. The number of hydrogen-bond acceptors (Lipinski definition) is 6. The predicted octanol–water partition coefficient (Wildman–Crippen LogP) is 4.64. The van der Waals surface area contributed by atoms with Gasteiger partial charge in [-0.05, 0) is 62.8 Å². The zero-order valence-corrected chi connectivity index (χ0v) is 16.8. The Morgan fingerprint density at radius 1 is 1.32 bits per heavy atom. The highest BCUT2D eigenvalue weighted by atomic mass is 32.1. The monoisotopic (exact) mass is 397 g/mol. The molecule has 3 aromatic rings. The van der Waals surface area contributed by atoms with Gasteiger partial charge in [0.1, 0.15) is 5.69 Å². The summed E-state index contributed by atoms with van der Waals surface area (Å²) in [5.41, 5.74) is 3.26. The van der Waals surface area contributed by atoms with Crippen LogP contribution in [0.3, 0.4) is 0 Å². The number of thiazole rings is 1. The van der Waals surface area contributed by atoms with Crippen molar-refractivity contribution in [1.29, 1.82) is 0 Å². The molecule has 7 heteroatoms. The van der Waals surface area contributed by atoms with Crippen molar-refractivity contribution < 1.29 is 13.9 Å².